The first-order valence-electron chi connectivity index (χ1n) is 7.27. The molecule has 128 valence electrons. The number of halogens is 4. The smallest absolute Gasteiger partial charge is 0.326 e. The number of carbonyl (C=O) groups is 1. The van der Waals surface area contributed by atoms with Crippen molar-refractivity contribution in [3.63, 3.8) is 0 Å². The zero-order chi connectivity index (χ0) is 17.6. The number of benzene rings is 2. The molecule has 0 saturated heterocycles. The first kappa shape index (κ1) is 18.3. The quantitative estimate of drug-likeness (QED) is 0.749. The van der Waals surface area contributed by atoms with Crippen molar-refractivity contribution in [2.45, 2.75) is 19.1 Å². The van der Waals surface area contributed by atoms with Crippen LogP contribution >= 0.6 is 11.6 Å². The first-order valence-corrected chi connectivity index (χ1v) is 7.65. The van der Waals surface area contributed by atoms with Gasteiger partial charge in [-0.3, -0.25) is 4.79 Å². The average molecular weight is 357 g/mol. The number of carbonyl (C=O) groups excluding carboxylic acids is 1. The molecule has 0 bridgehead atoms. The van der Waals surface area contributed by atoms with Gasteiger partial charge in [0, 0.05) is 30.2 Å². The molecule has 0 fully saturated rings. The molecule has 0 unspecified atom stereocenters. The Kier molecular flexibility index (Phi) is 6.23. The SMILES string of the molecule is O=C(CCNCc1ccccc1Cl)Nc1cccc(C(F)(F)F)c1. The minimum atomic E-state index is -4.43. The lowest BCUT2D eigenvalue weighted by molar-refractivity contribution is -0.137. The number of alkyl halides is 3. The molecule has 2 N–H and O–H groups in total. The van der Waals surface area contributed by atoms with Gasteiger partial charge in [-0.05, 0) is 29.8 Å². The van der Waals surface area contributed by atoms with E-state index in [1.165, 1.54) is 12.1 Å². The summed E-state index contributed by atoms with van der Waals surface area (Å²) in [4.78, 5) is 11.8. The van der Waals surface area contributed by atoms with E-state index in [0.29, 0.717) is 18.1 Å². The molecule has 2 aromatic carbocycles. The van der Waals surface area contributed by atoms with Crippen molar-refractivity contribution >= 4 is 23.2 Å². The Bertz CT molecular complexity index is 704. The summed E-state index contributed by atoms with van der Waals surface area (Å²) in [6.45, 7) is 0.895. The highest BCUT2D eigenvalue weighted by Gasteiger charge is 2.30. The zero-order valence-electron chi connectivity index (χ0n) is 12.7. The zero-order valence-corrected chi connectivity index (χ0v) is 13.4. The Morgan fingerprint density at radius 3 is 2.54 bits per heavy atom. The van der Waals surface area contributed by atoms with Crippen LogP contribution < -0.4 is 10.6 Å². The molecular weight excluding hydrogens is 341 g/mol. The molecule has 24 heavy (non-hydrogen) atoms. The second kappa shape index (κ2) is 8.17. The Labute approximate surface area is 142 Å². The third kappa shape index (κ3) is 5.54. The van der Waals surface area contributed by atoms with E-state index in [-0.39, 0.29) is 18.0 Å². The number of anilines is 1. The molecule has 0 spiro atoms. The summed E-state index contributed by atoms with van der Waals surface area (Å²) in [6, 6.07) is 11.9. The summed E-state index contributed by atoms with van der Waals surface area (Å²) in [5.74, 6) is -0.360. The molecule has 0 aliphatic rings. The molecule has 0 atom stereocenters. The van der Waals surface area contributed by atoms with Crippen molar-refractivity contribution in [1.29, 1.82) is 0 Å². The third-order valence-corrected chi connectivity index (χ3v) is 3.64. The fourth-order valence-corrected chi connectivity index (χ4v) is 2.27. The Balaban J connectivity index is 1.79. The number of hydrogen-bond donors (Lipinski definition) is 2. The molecule has 0 saturated carbocycles. The van der Waals surface area contributed by atoms with Crippen molar-refractivity contribution < 1.29 is 18.0 Å². The fraction of sp³-hybridized carbons (Fsp3) is 0.235. The highest BCUT2D eigenvalue weighted by atomic mass is 35.5. The predicted molar refractivity (Wildman–Crippen MR) is 87.8 cm³/mol. The van der Waals surface area contributed by atoms with Gasteiger partial charge in [0.05, 0.1) is 5.56 Å². The van der Waals surface area contributed by atoms with E-state index in [9.17, 15) is 18.0 Å². The Morgan fingerprint density at radius 2 is 1.83 bits per heavy atom. The second-order valence-corrected chi connectivity index (χ2v) is 5.55. The van der Waals surface area contributed by atoms with Gasteiger partial charge in [-0.1, -0.05) is 35.9 Å². The van der Waals surface area contributed by atoms with Crippen LogP contribution in [0.5, 0.6) is 0 Å². The van der Waals surface area contributed by atoms with Gasteiger partial charge >= 0.3 is 6.18 Å². The standard InChI is InChI=1S/C17H16ClF3N2O/c18-15-7-2-1-4-12(15)11-22-9-8-16(24)23-14-6-3-5-13(10-14)17(19,20)21/h1-7,10,22H,8-9,11H2,(H,23,24). The maximum atomic E-state index is 12.6. The van der Waals surface area contributed by atoms with E-state index in [4.69, 9.17) is 11.6 Å². The molecule has 2 rings (SSSR count). The molecule has 2 aromatic rings. The predicted octanol–water partition coefficient (Wildman–Crippen LogP) is 4.48. The minimum Gasteiger partial charge on any atom is -0.326 e. The van der Waals surface area contributed by atoms with Crippen LogP contribution in [0.2, 0.25) is 5.02 Å². The largest absolute Gasteiger partial charge is 0.416 e. The van der Waals surface area contributed by atoms with E-state index < -0.39 is 11.7 Å². The van der Waals surface area contributed by atoms with Crippen molar-refractivity contribution in [2.24, 2.45) is 0 Å². The molecule has 0 aliphatic heterocycles. The normalized spacial score (nSPS) is 11.3. The molecule has 7 heteroatoms. The Morgan fingerprint density at radius 1 is 1.08 bits per heavy atom. The van der Waals surface area contributed by atoms with Crippen LogP contribution in [0, 0.1) is 0 Å². The van der Waals surface area contributed by atoms with Crippen molar-refractivity contribution in [3.8, 4) is 0 Å². The van der Waals surface area contributed by atoms with Crippen LogP contribution in [0.3, 0.4) is 0 Å². The number of hydrogen-bond acceptors (Lipinski definition) is 2. The topological polar surface area (TPSA) is 41.1 Å². The van der Waals surface area contributed by atoms with Gasteiger partial charge in [0.15, 0.2) is 0 Å². The Hall–Kier alpha value is -2.05. The van der Waals surface area contributed by atoms with E-state index in [0.717, 1.165) is 17.7 Å². The van der Waals surface area contributed by atoms with Crippen LogP contribution in [-0.2, 0) is 17.5 Å². The maximum absolute atomic E-state index is 12.6. The number of nitrogens with one attached hydrogen (secondary N) is 2. The molecule has 0 aromatic heterocycles. The van der Waals surface area contributed by atoms with E-state index in [1.54, 1.807) is 6.07 Å². The van der Waals surface area contributed by atoms with Gasteiger partial charge in [0.25, 0.3) is 0 Å². The summed E-state index contributed by atoms with van der Waals surface area (Å²) in [5, 5.41) is 6.17. The van der Waals surface area contributed by atoms with Crippen molar-refractivity contribution in [2.75, 3.05) is 11.9 Å². The summed E-state index contributed by atoms with van der Waals surface area (Å²) >= 11 is 6.01. The minimum absolute atomic E-state index is 0.126. The molecule has 3 nitrogen and oxygen atoms in total. The van der Waals surface area contributed by atoms with E-state index in [2.05, 4.69) is 10.6 Å². The monoisotopic (exact) mass is 356 g/mol. The van der Waals surface area contributed by atoms with Gasteiger partial charge in [-0.15, -0.1) is 0 Å². The van der Waals surface area contributed by atoms with Crippen LogP contribution in [0.4, 0.5) is 18.9 Å². The van der Waals surface area contributed by atoms with Crippen LogP contribution in [0.15, 0.2) is 48.5 Å². The lowest BCUT2D eigenvalue weighted by atomic mass is 10.2. The average Bonchev–Trinajstić information content (AvgIpc) is 2.52. The molecule has 0 heterocycles. The fourth-order valence-electron chi connectivity index (χ4n) is 2.06. The summed E-state index contributed by atoms with van der Waals surface area (Å²) in [7, 11) is 0. The lowest BCUT2D eigenvalue weighted by Crippen LogP contribution is -2.21. The van der Waals surface area contributed by atoms with Crippen molar-refractivity contribution in [1.82, 2.24) is 5.32 Å². The molecule has 0 aliphatic carbocycles. The van der Waals surface area contributed by atoms with Gasteiger partial charge in [-0.25, -0.2) is 0 Å². The van der Waals surface area contributed by atoms with Crippen LogP contribution in [0.25, 0.3) is 0 Å². The third-order valence-electron chi connectivity index (χ3n) is 3.28. The number of rotatable bonds is 6. The first-order chi connectivity index (χ1) is 11.4. The highest BCUT2D eigenvalue weighted by molar-refractivity contribution is 6.31. The maximum Gasteiger partial charge on any atom is 0.416 e. The van der Waals surface area contributed by atoms with Crippen molar-refractivity contribution in [3.05, 3.63) is 64.7 Å². The van der Waals surface area contributed by atoms with Gasteiger partial charge < -0.3 is 10.6 Å². The summed E-state index contributed by atoms with van der Waals surface area (Å²) in [5.41, 5.74) is 0.246. The summed E-state index contributed by atoms with van der Waals surface area (Å²) in [6.07, 6.45) is -4.29. The van der Waals surface area contributed by atoms with Crippen LogP contribution in [0.1, 0.15) is 17.5 Å². The number of amides is 1. The van der Waals surface area contributed by atoms with Gasteiger partial charge in [0.2, 0.25) is 5.91 Å². The molecular formula is C17H16ClF3N2O. The summed E-state index contributed by atoms with van der Waals surface area (Å²) < 4.78 is 37.8. The molecule has 0 radical (unpaired) electrons. The van der Waals surface area contributed by atoms with E-state index >= 15 is 0 Å². The van der Waals surface area contributed by atoms with Gasteiger partial charge in [0.1, 0.15) is 0 Å². The second-order valence-electron chi connectivity index (χ2n) is 5.14. The van der Waals surface area contributed by atoms with Gasteiger partial charge in [-0.2, -0.15) is 13.2 Å². The highest BCUT2D eigenvalue weighted by Crippen LogP contribution is 2.30. The molecule has 1 amide bonds. The lowest BCUT2D eigenvalue weighted by Gasteiger charge is -2.10. The van der Waals surface area contributed by atoms with Crippen LogP contribution in [-0.4, -0.2) is 12.5 Å². The van der Waals surface area contributed by atoms with E-state index in [1.807, 2.05) is 18.2 Å².